The molecular weight excluding hydrogens is 264 g/mol. The maximum atomic E-state index is 11.1. The van der Waals surface area contributed by atoms with Crippen LogP contribution < -0.4 is 0 Å². The van der Waals surface area contributed by atoms with Crippen molar-refractivity contribution >= 4 is 23.5 Å². The van der Waals surface area contributed by atoms with Crippen molar-refractivity contribution in [3.8, 4) is 0 Å². The zero-order valence-electron chi connectivity index (χ0n) is 10.0. The molecular formula is C13H10N2O3S. The van der Waals surface area contributed by atoms with Gasteiger partial charge >= 0.3 is 5.97 Å². The van der Waals surface area contributed by atoms with Crippen LogP contribution in [0.5, 0.6) is 0 Å². The molecule has 6 heteroatoms. The van der Waals surface area contributed by atoms with Crippen LogP contribution >= 0.6 is 11.8 Å². The van der Waals surface area contributed by atoms with Gasteiger partial charge in [0.1, 0.15) is 10.7 Å². The number of carbonyl (C=O) groups excluding carboxylic acids is 1. The summed E-state index contributed by atoms with van der Waals surface area (Å²) in [6, 6.07) is 6.39. The quantitative estimate of drug-likeness (QED) is 0.863. The number of carboxylic acid groups (broad SMARTS) is 1. The van der Waals surface area contributed by atoms with Crippen LogP contribution in [-0.2, 0) is 0 Å². The summed E-state index contributed by atoms with van der Waals surface area (Å²) in [7, 11) is 0. The van der Waals surface area contributed by atoms with Crippen LogP contribution in [-0.4, -0.2) is 26.8 Å². The highest BCUT2D eigenvalue weighted by atomic mass is 32.2. The summed E-state index contributed by atoms with van der Waals surface area (Å²) in [5.41, 5.74) is 0.520. The molecule has 0 aliphatic heterocycles. The molecule has 0 radical (unpaired) electrons. The minimum Gasteiger partial charge on any atom is -0.478 e. The molecule has 0 saturated carbocycles. The second-order valence-corrected chi connectivity index (χ2v) is 4.76. The van der Waals surface area contributed by atoms with Crippen LogP contribution in [0.25, 0.3) is 0 Å². The Morgan fingerprint density at radius 1 is 1.21 bits per heavy atom. The Labute approximate surface area is 113 Å². The highest BCUT2D eigenvalue weighted by Gasteiger charge is 2.12. The summed E-state index contributed by atoms with van der Waals surface area (Å²) in [6.07, 6.45) is 3.06. The Kier molecular flexibility index (Phi) is 3.91. The van der Waals surface area contributed by atoms with E-state index >= 15 is 0 Å². The highest BCUT2D eigenvalue weighted by molar-refractivity contribution is 7.99. The molecule has 1 N–H and O–H groups in total. The molecule has 2 aromatic rings. The molecule has 2 aromatic heterocycles. The summed E-state index contributed by atoms with van der Waals surface area (Å²) in [6.45, 7) is 1.44. The van der Waals surface area contributed by atoms with Gasteiger partial charge in [-0.1, -0.05) is 11.8 Å². The van der Waals surface area contributed by atoms with Crippen molar-refractivity contribution < 1.29 is 14.7 Å². The maximum absolute atomic E-state index is 11.1. The minimum absolute atomic E-state index is 0.111. The Morgan fingerprint density at radius 2 is 2.00 bits per heavy atom. The molecule has 0 amide bonds. The van der Waals surface area contributed by atoms with Gasteiger partial charge in [0.25, 0.3) is 0 Å². The molecule has 19 heavy (non-hydrogen) atoms. The van der Waals surface area contributed by atoms with Gasteiger partial charge in [-0.3, -0.25) is 9.78 Å². The molecule has 5 nitrogen and oxygen atoms in total. The highest BCUT2D eigenvalue weighted by Crippen LogP contribution is 2.28. The Morgan fingerprint density at radius 3 is 2.58 bits per heavy atom. The topological polar surface area (TPSA) is 80.2 Å². The molecule has 0 aliphatic rings. The molecule has 2 heterocycles. The van der Waals surface area contributed by atoms with Gasteiger partial charge in [0, 0.05) is 24.2 Å². The third-order valence-electron chi connectivity index (χ3n) is 2.31. The van der Waals surface area contributed by atoms with Gasteiger partial charge in [0.15, 0.2) is 5.78 Å². The Bertz CT molecular complexity index is 626. The van der Waals surface area contributed by atoms with Gasteiger partial charge in [0.2, 0.25) is 0 Å². The van der Waals surface area contributed by atoms with Crippen LogP contribution in [0.15, 0.2) is 46.6 Å². The number of rotatable bonds is 4. The molecule has 0 bridgehead atoms. The van der Waals surface area contributed by atoms with E-state index in [4.69, 9.17) is 5.11 Å². The number of hydrogen-bond donors (Lipinski definition) is 1. The van der Waals surface area contributed by atoms with E-state index in [1.54, 1.807) is 18.2 Å². The Balaban J connectivity index is 2.26. The standard InChI is InChI=1S/C13H10N2O3S/c1-8(16)11-5-4-9(7-15-11)19-12-10(13(17)18)3-2-6-14-12/h2-7H,1H3,(H,17,18). The van der Waals surface area contributed by atoms with Crippen molar-refractivity contribution in [1.82, 2.24) is 9.97 Å². The molecule has 0 saturated heterocycles. The van der Waals surface area contributed by atoms with Crippen molar-refractivity contribution in [2.75, 3.05) is 0 Å². The van der Waals surface area contributed by atoms with E-state index in [9.17, 15) is 9.59 Å². The number of nitrogens with zero attached hydrogens (tertiary/aromatic N) is 2. The zero-order valence-corrected chi connectivity index (χ0v) is 10.8. The van der Waals surface area contributed by atoms with Crippen LogP contribution in [0.4, 0.5) is 0 Å². The van der Waals surface area contributed by atoms with Crippen molar-refractivity contribution in [3.63, 3.8) is 0 Å². The summed E-state index contributed by atoms with van der Waals surface area (Å²) < 4.78 is 0. The second-order valence-electron chi connectivity index (χ2n) is 3.70. The first-order chi connectivity index (χ1) is 9.08. The zero-order chi connectivity index (χ0) is 13.8. The number of Topliss-reactive ketones (excluding diaryl/α,β-unsaturated/α-hetero) is 1. The summed E-state index contributed by atoms with van der Waals surface area (Å²) >= 11 is 1.20. The summed E-state index contributed by atoms with van der Waals surface area (Å²) in [4.78, 5) is 30.9. The van der Waals surface area contributed by atoms with Gasteiger partial charge in [-0.05, 0) is 24.3 Å². The SMILES string of the molecule is CC(=O)c1ccc(Sc2ncccc2C(=O)O)cn1. The molecule has 0 spiro atoms. The first kappa shape index (κ1) is 13.2. The van der Waals surface area contributed by atoms with E-state index in [1.165, 1.54) is 37.1 Å². The first-order valence-corrected chi connectivity index (χ1v) is 6.22. The fourth-order valence-electron chi connectivity index (χ4n) is 1.40. The summed E-state index contributed by atoms with van der Waals surface area (Å²) in [5.74, 6) is -1.13. The molecule has 0 fully saturated rings. The lowest BCUT2D eigenvalue weighted by Gasteiger charge is -2.04. The van der Waals surface area contributed by atoms with E-state index in [1.807, 2.05) is 0 Å². The average Bonchev–Trinajstić information content (AvgIpc) is 2.39. The number of carboxylic acids is 1. The van der Waals surface area contributed by atoms with Crippen LogP contribution in [0, 0.1) is 0 Å². The van der Waals surface area contributed by atoms with Crippen LogP contribution in [0.1, 0.15) is 27.8 Å². The molecule has 0 aliphatic carbocycles. The van der Waals surface area contributed by atoms with Crippen molar-refractivity contribution in [1.29, 1.82) is 0 Å². The molecule has 96 valence electrons. The smallest absolute Gasteiger partial charge is 0.338 e. The van der Waals surface area contributed by atoms with Gasteiger partial charge < -0.3 is 5.11 Å². The third-order valence-corrected chi connectivity index (χ3v) is 3.31. The summed E-state index contributed by atoms with van der Waals surface area (Å²) in [5, 5.41) is 9.44. The van der Waals surface area contributed by atoms with Crippen molar-refractivity contribution in [2.45, 2.75) is 16.8 Å². The number of aromatic nitrogens is 2. The van der Waals surface area contributed by atoms with E-state index in [0.717, 1.165) is 4.90 Å². The lowest BCUT2D eigenvalue weighted by atomic mass is 10.3. The molecule has 0 aromatic carbocycles. The fourth-order valence-corrected chi connectivity index (χ4v) is 2.24. The molecule has 2 rings (SSSR count). The number of ketones is 1. The first-order valence-electron chi connectivity index (χ1n) is 5.41. The molecule has 0 unspecified atom stereocenters. The van der Waals surface area contributed by atoms with Crippen LogP contribution in [0.3, 0.4) is 0 Å². The monoisotopic (exact) mass is 274 g/mol. The minimum atomic E-state index is -1.02. The lowest BCUT2D eigenvalue weighted by molar-refractivity contribution is 0.0692. The van der Waals surface area contributed by atoms with Crippen molar-refractivity contribution in [3.05, 3.63) is 47.9 Å². The number of aromatic carboxylic acids is 1. The predicted octanol–water partition coefficient (Wildman–Crippen LogP) is 2.53. The van der Waals surface area contributed by atoms with Gasteiger partial charge in [-0.2, -0.15) is 0 Å². The van der Waals surface area contributed by atoms with E-state index < -0.39 is 5.97 Å². The average molecular weight is 274 g/mol. The normalized spacial score (nSPS) is 10.2. The predicted molar refractivity (Wildman–Crippen MR) is 69.6 cm³/mol. The Hall–Kier alpha value is -2.21. The van der Waals surface area contributed by atoms with Crippen molar-refractivity contribution in [2.24, 2.45) is 0 Å². The number of carbonyl (C=O) groups is 2. The number of pyridine rings is 2. The van der Waals surface area contributed by atoms with Gasteiger partial charge in [-0.15, -0.1) is 0 Å². The van der Waals surface area contributed by atoms with Gasteiger partial charge in [0.05, 0.1) is 5.56 Å². The largest absolute Gasteiger partial charge is 0.478 e. The maximum Gasteiger partial charge on any atom is 0.338 e. The van der Waals surface area contributed by atoms with Crippen LogP contribution in [0.2, 0.25) is 0 Å². The van der Waals surface area contributed by atoms with E-state index in [0.29, 0.717) is 10.7 Å². The lowest BCUT2D eigenvalue weighted by Crippen LogP contribution is -2.00. The van der Waals surface area contributed by atoms with E-state index in [2.05, 4.69) is 9.97 Å². The third kappa shape index (κ3) is 3.17. The van der Waals surface area contributed by atoms with E-state index in [-0.39, 0.29) is 11.3 Å². The second kappa shape index (κ2) is 5.62. The fraction of sp³-hybridized carbons (Fsp3) is 0.0769. The van der Waals surface area contributed by atoms with Gasteiger partial charge in [-0.25, -0.2) is 9.78 Å². The number of hydrogen-bond acceptors (Lipinski definition) is 5. The molecule has 0 atom stereocenters.